The van der Waals surface area contributed by atoms with Crippen LogP contribution in [0.1, 0.15) is 19.4 Å². The molecule has 1 aliphatic heterocycles. The average Bonchev–Trinajstić information content (AvgIpc) is 2.52. The Morgan fingerprint density at radius 3 is 2.50 bits per heavy atom. The lowest BCUT2D eigenvalue weighted by molar-refractivity contribution is 0.312. The summed E-state index contributed by atoms with van der Waals surface area (Å²) in [7, 11) is 3.95. The molecule has 2 N–H and O–H groups in total. The summed E-state index contributed by atoms with van der Waals surface area (Å²) >= 11 is 6.47. The van der Waals surface area contributed by atoms with E-state index in [4.69, 9.17) is 11.6 Å². The maximum Gasteiger partial charge on any atom is 0.191 e. The first-order valence-electron chi connectivity index (χ1n) is 8.19. The fourth-order valence-electron chi connectivity index (χ4n) is 2.71. The van der Waals surface area contributed by atoms with E-state index in [0.717, 1.165) is 42.7 Å². The molecule has 24 heavy (non-hydrogen) atoms. The summed E-state index contributed by atoms with van der Waals surface area (Å²) in [5.74, 6) is 0.796. The van der Waals surface area contributed by atoms with Gasteiger partial charge in [-0.3, -0.25) is 4.99 Å². The first-order chi connectivity index (χ1) is 11.0. The molecule has 1 saturated heterocycles. The molecule has 1 fully saturated rings. The Hall–Kier alpha value is -0.730. The molecule has 0 atom stereocenters. The van der Waals surface area contributed by atoms with Crippen molar-refractivity contribution in [1.82, 2.24) is 15.5 Å². The first-order valence-corrected chi connectivity index (χ1v) is 8.57. The second kappa shape index (κ2) is 10.3. The van der Waals surface area contributed by atoms with Crippen LogP contribution in [0.15, 0.2) is 23.2 Å². The van der Waals surface area contributed by atoms with Crippen LogP contribution in [-0.2, 0) is 6.54 Å². The fourth-order valence-corrected chi connectivity index (χ4v) is 2.94. The number of hydrogen-bond acceptors (Lipinski definition) is 3. The minimum atomic E-state index is 0. The van der Waals surface area contributed by atoms with Crippen LogP contribution in [0.4, 0.5) is 5.69 Å². The van der Waals surface area contributed by atoms with Gasteiger partial charge in [0.1, 0.15) is 0 Å². The van der Waals surface area contributed by atoms with Gasteiger partial charge < -0.3 is 20.4 Å². The van der Waals surface area contributed by atoms with Crippen LogP contribution in [0, 0.1) is 0 Å². The lowest BCUT2D eigenvalue weighted by Gasteiger charge is -2.35. The standard InChI is InChI=1S/C17H28ClN5.HI/c1-13(2)21-17(19-3)20-12-14-15(18)6-5-7-16(14)23-10-8-22(4)9-11-23;/h5-7,13H,8-12H2,1-4H3,(H2,19,20,21);1H. The van der Waals surface area contributed by atoms with E-state index in [9.17, 15) is 0 Å². The lowest BCUT2D eigenvalue weighted by atomic mass is 10.1. The molecule has 1 aromatic carbocycles. The number of halogens is 2. The minimum absolute atomic E-state index is 0. The molecule has 7 heteroatoms. The number of aliphatic imine (C=N–C) groups is 1. The molecule has 0 aliphatic carbocycles. The first kappa shape index (κ1) is 21.3. The molecule has 1 aliphatic rings. The maximum atomic E-state index is 6.47. The summed E-state index contributed by atoms with van der Waals surface area (Å²) in [6, 6.07) is 6.48. The van der Waals surface area contributed by atoms with Crippen molar-refractivity contribution in [3.63, 3.8) is 0 Å². The van der Waals surface area contributed by atoms with E-state index >= 15 is 0 Å². The average molecular weight is 466 g/mol. The zero-order valence-corrected chi connectivity index (χ0v) is 18.1. The molecule has 136 valence electrons. The number of hydrogen-bond donors (Lipinski definition) is 2. The van der Waals surface area contributed by atoms with Crippen LogP contribution in [0.5, 0.6) is 0 Å². The van der Waals surface area contributed by atoms with Gasteiger partial charge >= 0.3 is 0 Å². The lowest BCUT2D eigenvalue weighted by Crippen LogP contribution is -2.45. The highest BCUT2D eigenvalue weighted by atomic mass is 127. The molecule has 0 radical (unpaired) electrons. The van der Waals surface area contributed by atoms with Gasteiger partial charge in [-0.05, 0) is 33.0 Å². The molecular weight excluding hydrogens is 437 g/mol. The van der Waals surface area contributed by atoms with Gasteiger partial charge in [0.05, 0.1) is 0 Å². The molecule has 1 aromatic rings. The van der Waals surface area contributed by atoms with Gasteiger partial charge in [-0.15, -0.1) is 24.0 Å². The van der Waals surface area contributed by atoms with Crippen molar-refractivity contribution in [3.8, 4) is 0 Å². The summed E-state index contributed by atoms with van der Waals surface area (Å²) in [6.07, 6.45) is 0. The fraction of sp³-hybridized carbons (Fsp3) is 0.588. The van der Waals surface area contributed by atoms with Crippen molar-refractivity contribution >= 4 is 47.2 Å². The molecular formula is C17H29ClIN5. The van der Waals surface area contributed by atoms with Crippen LogP contribution in [-0.4, -0.2) is 57.2 Å². The third-order valence-electron chi connectivity index (χ3n) is 4.02. The molecule has 0 unspecified atom stereocenters. The Balaban J connectivity index is 0.00000288. The number of likely N-dealkylation sites (N-methyl/N-ethyl adjacent to an activating group) is 1. The van der Waals surface area contributed by atoms with Gasteiger partial charge in [0.15, 0.2) is 5.96 Å². The monoisotopic (exact) mass is 465 g/mol. The highest BCUT2D eigenvalue weighted by molar-refractivity contribution is 14.0. The highest BCUT2D eigenvalue weighted by Gasteiger charge is 2.18. The Bertz CT molecular complexity index is 542. The van der Waals surface area contributed by atoms with Crippen LogP contribution >= 0.6 is 35.6 Å². The number of guanidine groups is 1. The van der Waals surface area contributed by atoms with Gasteiger partial charge in [-0.1, -0.05) is 17.7 Å². The zero-order chi connectivity index (χ0) is 16.8. The Kier molecular flexibility index (Phi) is 9.15. The number of rotatable bonds is 4. The summed E-state index contributed by atoms with van der Waals surface area (Å²) < 4.78 is 0. The van der Waals surface area contributed by atoms with Crippen LogP contribution in [0.3, 0.4) is 0 Å². The Morgan fingerprint density at radius 1 is 1.25 bits per heavy atom. The minimum Gasteiger partial charge on any atom is -0.369 e. The molecule has 0 saturated carbocycles. The molecule has 1 heterocycles. The van der Waals surface area contributed by atoms with Gasteiger partial charge in [0.25, 0.3) is 0 Å². The Morgan fingerprint density at radius 2 is 1.92 bits per heavy atom. The highest BCUT2D eigenvalue weighted by Crippen LogP contribution is 2.28. The molecule has 0 spiro atoms. The van der Waals surface area contributed by atoms with E-state index in [1.165, 1.54) is 5.69 Å². The number of anilines is 1. The third-order valence-corrected chi connectivity index (χ3v) is 4.37. The van der Waals surface area contributed by atoms with Gasteiger partial charge in [-0.25, -0.2) is 0 Å². The zero-order valence-electron chi connectivity index (χ0n) is 15.0. The van der Waals surface area contributed by atoms with E-state index in [2.05, 4.69) is 52.4 Å². The largest absolute Gasteiger partial charge is 0.369 e. The molecule has 5 nitrogen and oxygen atoms in total. The second-order valence-electron chi connectivity index (χ2n) is 6.25. The Labute approximate surface area is 167 Å². The topological polar surface area (TPSA) is 42.9 Å². The predicted octanol–water partition coefficient (Wildman–Crippen LogP) is 2.78. The maximum absolute atomic E-state index is 6.47. The SMILES string of the molecule is CN=C(NCc1c(Cl)cccc1N1CCN(C)CC1)NC(C)C.I. The van der Waals surface area contributed by atoms with E-state index in [-0.39, 0.29) is 24.0 Å². The van der Waals surface area contributed by atoms with E-state index in [1.807, 2.05) is 12.1 Å². The van der Waals surface area contributed by atoms with Crippen molar-refractivity contribution in [2.24, 2.45) is 4.99 Å². The smallest absolute Gasteiger partial charge is 0.191 e. The van der Waals surface area contributed by atoms with Crippen molar-refractivity contribution in [2.75, 3.05) is 45.2 Å². The summed E-state index contributed by atoms with van der Waals surface area (Å²) in [6.45, 7) is 9.07. The second-order valence-corrected chi connectivity index (χ2v) is 6.66. The molecule has 0 amide bonds. The van der Waals surface area contributed by atoms with Crippen LogP contribution in [0.25, 0.3) is 0 Å². The quantitative estimate of drug-likeness (QED) is 0.408. The summed E-state index contributed by atoms with van der Waals surface area (Å²) in [5, 5.41) is 7.46. The van der Waals surface area contributed by atoms with Gasteiger partial charge in [-0.2, -0.15) is 0 Å². The molecule has 2 rings (SSSR count). The number of nitrogens with zero attached hydrogens (tertiary/aromatic N) is 3. The van der Waals surface area contributed by atoms with Crippen molar-refractivity contribution in [1.29, 1.82) is 0 Å². The molecule has 0 aromatic heterocycles. The summed E-state index contributed by atoms with van der Waals surface area (Å²) in [5.41, 5.74) is 2.35. The van der Waals surface area contributed by atoms with E-state index in [1.54, 1.807) is 7.05 Å². The van der Waals surface area contributed by atoms with E-state index < -0.39 is 0 Å². The van der Waals surface area contributed by atoms with Gasteiger partial charge in [0.2, 0.25) is 0 Å². The van der Waals surface area contributed by atoms with Crippen molar-refractivity contribution in [2.45, 2.75) is 26.4 Å². The van der Waals surface area contributed by atoms with Crippen LogP contribution < -0.4 is 15.5 Å². The van der Waals surface area contributed by atoms with Crippen molar-refractivity contribution < 1.29 is 0 Å². The van der Waals surface area contributed by atoms with Crippen molar-refractivity contribution in [3.05, 3.63) is 28.8 Å². The number of nitrogens with one attached hydrogen (secondary N) is 2. The molecule has 0 bridgehead atoms. The normalized spacial score (nSPS) is 16.1. The van der Waals surface area contributed by atoms with Gasteiger partial charge in [0, 0.05) is 62.1 Å². The number of piperazine rings is 1. The van der Waals surface area contributed by atoms with Crippen LogP contribution in [0.2, 0.25) is 5.02 Å². The summed E-state index contributed by atoms with van der Waals surface area (Å²) in [4.78, 5) is 9.03. The third kappa shape index (κ3) is 5.97. The predicted molar refractivity (Wildman–Crippen MR) is 115 cm³/mol. The van der Waals surface area contributed by atoms with E-state index in [0.29, 0.717) is 12.6 Å². The number of benzene rings is 1.